The molecule has 3 saturated heterocycles. The molecule has 3 fully saturated rings. The normalized spacial score (nSPS) is 21.6. The van der Waals surface area contributed by atoms with Crippen molar-refractivity contribution < 1.29 is 14.7 Å². The van der Waals surface area contributed by atoms with E-state index in [1.165, 1.54) is 29.5 Å². The second-order valence-corrected chi connectivity index (χ2v) is 12.2. The molecule has 42 heavy (non-hydrogen) atoms. The van der Waals surface area contributed by atoms with Crippen LogP contribution in [0.3, 0.4) is 0 Å². The largest absolute Gasteiger partial charge is 0.369 e. The maximum Gasteiger partial charge on any atom is 0.274 e. The molecule has 8 heteroatoms. The number of hydrogen-bond donors (Lipinski definition) is 2. The minimum Gasteiger partial charge on any atom is -0.369 e. The van der Waals surface area contributed by atoms with Gasteiger partial charge in [0.05, 0.1) is 12.2 Å². The number of epoxide rings is 1. The van der Waals surface area contributed by atoms with Gasteiger partial charge in [0.1, 0.15) is 5.65 Å². The predicted octanol–water partition coefficient (Wildman–Crippen LogP) is 4.95. The van der Waals surface area contributed by atoms with Gasteiger partial charge in [0.15, 0.2) is 0 Å². The maximum absolute atomic E-state index is 11.6. The van der Waals surface area contributed by atoms with Gasteiger partial charge >= 0.3 is 0 Å². The molecular weight excluding hydrogens is 526 g/mol. The summed E-state index contributed by atoms with van der Waals surface area (Å²) in [6, 6.07) is 20.9. The van der Waals surface area contributed by atoms with Crippen molar-refractivity contribution in [3.63, 3.8) is 0 Å². The van der Waals surface area contributed by atoms with Crippen LogP contribution in [0.25, 0.3) is 11.0 Å². The third-order valence-electron chi connectivity index (χ3n) is 9.30. The molecule has 2 N–H and O–H groups in total. The van der Waals surface area contributed by atoms with E-state index in [2.05, 4.69) is 63.2 Å². The van der Waals surface area contributed by atoms with Crippen LogP contribution in [0.1, 0.15) is 64.2 Å². The van der Waals surface area contributed by atoms with E-state index < -0.39 is 5.91 Å². The van der Waals surface area contributed by atoms with Crippen LogP contribution < -0.4 is 5.48 Å². The van der Waals surface area contributed by atoms with Crippen LogP contribution in [0, 0.1) is 0 Å². The molecule has 3 aliphatic heterocycles. The Hall–Kier alpha value is -3.56. The zero-order chi connectivity index (χ0) is 28.5. The highest BCUT2D eigenvalue weighted by molar-refractivity contribution is 5.93. The summed E-state index contributed by atoms with van der Waals surface area (Å²) in [4.78, 5) is 21.7. The number of hydroxylamine groups is 1. The van der Waals surface area contributed by atoms with Crippen LogP contribution in [0.15, 0.2) is 73.1 Å². The third kappa shape index (κ3) is 6.13. The summed E-state index contributed by atoms with van der Waals surface area (Å²) in [6.45, 7) is 7.23. The van der Waals surface area contributed by atoms with Crippen molar-refractivity contribution in [3.05, 3.63) is 101 Å². The number of fused-ring (bicyclic) bond motifs is 2. The van der Waals surface area contributed by atoms with Crippen molar-refractivity contribution in [2.24, 2.45) is 0 Å². The fourth-order valence-electron chi connectivity index (χ4n) is 6.81. The van der Waals surface area contributed by atoms with E-state index in [-0.39, 0.29) is 0 Å². The fourth-order valence-corrected chi connectivity index (χ4v) is 6.81. The van der Waals surface area contributed by atoms with Crippen LogP contribution in [0.4, 0.5) is 0 Å². The summed E-state index contributed by atoms with van der Waals surface area (Å²) in [5, 5.41) is 9.99. The molecule has 0 aliphatic carbocycles. The number of amides is 1. The summed E-state index contributed by atoms with van der Waals surface area (Å²) in [5.41, 5.74) is 8.32. The lowest BCUT2D eigenvalue weighted by Gasteiger charge is -2.32. The summed E-state index contributed by atoms with van der Waals surface area (Å²) in [7, 11) is 0. The van der Waals surface area contributed by atoms with Crippen LogP contribution in [0.2, 0.25) is 0 Å². The third-order valence-corrected chi connectivity index (χ3v) is 9.30. The standard InChI is InChI=1S/C34H39N5O3/c40-34(36-41)28-6-4-24(5-7-28)23-39-17-10-29-19-30(20-35-33(29)39)27-8-13-37(14-9-27)21-25-2-1-3-26(18-25)22-38-15-11-31-32(42-31)12-16-38/h1-7,10,17-20,27,31-32,41H,8-9,11-16,21-23H2,(H,36,40). The molecule has 8 nitrogen and oxygen atoms in total. The van der Waals surface area contributed by atoms with E-state index in [0.717, 1.165) is 68.7 Å². The maximum atomic E-state index is 11.6. The molecular formula is C34H39N5O3. The molecule has 1 amide bonds. The zero-order valence-corrected chi connectivity index (χ0v) is 24.0. The summed E-state index contributed by atoms with van der Waals surface area (Å²) >= 11 is 0. The lowest BCUT2D eigenvalue weighted by Crippen LogP contribution is -2.32. The van der Waals surface area contributed by atoms with Gasteiger partial charge in [0.2, 0.25) is 0 Å². The fraction of sp³-hybridized carbons (Fsp3) is 0.412. The summed E-state index contributed by atoms with van der Waals surface area (Å²) in [6.07, 6.45) is 9.87. The first-order valence-corrected chi connectivity index (χ1v) is 15.3. The highest BCUT2D eigenvalue weighted by Gasteiger charge is 2.40. The smallest absolute Gasteiger partial charge is 0.274 e. The van der Waals surface area contributed by atoms with Gasteiger partial charge in [0, 0.05) is 56.1 Å². The van der Waals surface area contributed by atoms with E-state index in [4.69, 9.17) is 14.9 Å². The minimum absolute atomic E-state index is 0.427. The number of likely N-dealkylation sites (tertiary alicyclic amines) is 2. The number of carbonyl (C=O) groups excluding carboxylic acids is 1. The second-order valence-electron chi connectivity index (χ2n) is 12.2. The molecule has 4 aromatic rings. The van der Waals surface area contributed by atoms with Gasteiger partial charge < -0.3 is 9.30 Å². The van der Waals surface area contributed by atoms with E-state index in [1.54, 1.807) is 17.6 Å². The van der Waals surface area contributed by atoms with Gasteiger partial charge in [-0.15, -0.1) is 0 Å². The number of piperidine rings is 1. The number of ether oxygens (including phenoxy) is 1. The van der Waals surface area contributed by atoms with Crippen LogP contribution >= 0.6 is 0 Å². The number of nitrogens with zero attached hydrogens (tertiary/aromatic N) is 4. The zero-order valence-electron chi connectivity index (χ0n) is 24.0. The number of nitrogens with one attached hydrogen (secondary N) is 1. The Kier molecular flexibility index (Phi) is 7.78. The molecule has 0 radical (unpaired) electrons. The minimum atomic E-state index is -0.506. The van der Waals surface area contributed by atoms with Crippen molar-refractivity contribution >= 4 is 16.9 Å². The predicted molar refractivity (Wildman–Crippen MR) is 161 cm³/mol. The first-order chi connectivity index (χ1) is 20.6. The summed E-state index contributed by atoms with van der Waals surface area (Å²) in [5.74, 6) is 0.0319. The topological polar surface area (TPSA) is 86.2 Å². The summed E-state index contributed by atoms with van der Waals surface area (Å²) < 4.78 is 7.83. The Balaban J connectivity index is 0.930. The second kappa shape index (κ2) is 12.0. The van der Waals surface area contributed by atoms with Crippen LogP contribution in [-0.4, -0.2) is 68.9 Å². The van der Waals surface area contributed by atoms with E-state index >= 15 is 0 Å². The van der Waals surface area contributed by atoms with Crippen molar-refractivity contribution in [3.8, 4) is 0 Å². The van der Waals surface area contributed by atoms with E-state index in [9.17, 15) is 4.79 Å². The van der Waals surface area contributed by atoms with Gasteiger partial charge in [-0.3, -0.25) is 19.8 Å². The molecule has 0 bridgehead atoms. The quantitative estimate of drug-likeness (QED) is 0.179. The number of rotatable bonds is 8. The lowest BCUT2D eigenvalue weighted by molar-refractivity contribution is 0.0706. The Morgan fingerprint density at radius 1 is 0.833 bits per heavy atom. The van der Waals surface area contributed by atoms with Gasteiger partial charge in [-0.25, -0.2) is 10.5 Å². The molecule has 218 valence electrons. The molecule has 0 saturated carbocycles. The molecule has 2 aromatic carbocycles. The van der Waals surface area contributed by atoms with Crippen molar-refractivity contribution in [2.45, 2.75) is 63.4 Å². The molecule has 0 spiro atoms. The lowest BCUT2D eigenvalue weighted by atomic mass is 9.90. The number of carbonyl (C=O) groups is 1. The average Bonchev–Trinajstić information content (AvgIpc) is 3.71. The Labute approximate surface area is 246 Å². The van der Waals surface area contributed by atoms with E-state index in [1.807, 2.05) is 12.1 Å². The van der Waals surface area contributed by atoms with Crippen LogP contribution in [-0.2, 0) is 24.4 Å². The van der Waals surface area contributed by atoms with Crippen molar-refractivity contribution in [1.29, 1.82) is 0 Å². The molecule has 2 atom stereocenters. The average molecular weight is 566 g/mol. The van der Waals surface area contributed by atoms with Gasteiger partial charge in [0.25, 0.3) is 5.91 Å². The van der Waals surface area contributed by atoms with Gasteiger partial charge in [-0.05, 0) is 91.2 Å². The monoisotopic (exact) mass is 565 g/mol. The van der Waals surface area contributed by atoms with Gasteiger partial charge in [-0.2, -0.15) is 0 Å². The first-order valence-electron chi connectivity index (χ1n) is 15.3. The number of benzene rings is 2. The van der Waals surface area contributed by atoms with Crippen LogP contribution in [0.5, 0.6) is 0 Å². The Bertz CT molecular complexity index is 1530. The molecule has 2 aromatic heterocycles. The van der Waals surface area contributed by atoms with Crippen molar-refractivity contribution in [1.82, 2.24) is 24.8 Å². The Morgan fingerprint density at radius 3 is 2.17 bits per heavy atom. The molecule has 7 rings (SSSR count). The molecule has 2 unspecified atom stereocenters. The first kappa shape index (κ1) is 27.3. The number of aromatic nitrogens is 2. The Morgan fingerprint density at radius 2 is 1.50 bits per heavy atom. The van der Waals surface area contributed by atoms with Gasteiger partial charge in [-0.1, -0.05) is 36.4 Å². The number of pyridine rings is 1. The van der Waals surface area contributed by atoms with E-state index in [0.29, 0.717) is 30.2 Å². The molecule has 5 heterocycles. The highest BCUT2D eigenvalue weighted by Crippen LogP contribution is 2.32. The van der Waals surface area contributed by atoms with Crippen molar-refractivity contribution in [2.75, 3.05) is 26.2 Å². The SMILES string of the molecule is O=C(NO)c1ccc(Cn2ccc3cc(C4CCN(Cc5cccc(CN6CCC7OC7CC6)c5)CC4)cnc32)cc1. The molecule has 3 aliphatic rings. The highest BCUT2D eigenvalue weighted by atomic mass is 16.6. The number of hydrogen-bond acceptors (Lipinski definition) is 6.